The third kappa shape index (κ3) is 6.58. The summed E-state index contributed by atoms with van der Waals surface area (Å²) in [6.07, 6.45) is 4.21. The Bertz CT molecular complexity index is 254. The van der Waals surface area contributed by atoms with Crippen molar-refractivity contribution in [1.29, 1.82) is 0 Å². The molecular formula is C12H22O4. The molecular weight excluding hydrogens is 208 g/mol. The molecule has 94 valence electrons. The van der Waals surface area contributed by atoms with Crippen LogP contribution in [0.4, 0.5) is 0 Å². The van der Waals surface area contributed by atoms with Crippen molar-refractivity contribution in [2.75, 3.05) is 0 Å². The molecule has 1 saturated carbocycles. The lowest BCUT2D eigenvalue weighted by Crippen LogP contribution is -2.30. The summed E-state index contributed by atoms with van der Waals surface area (Å²) in [5.41, 5.74) is 1.29. The average Bonchev–Trinajstić information content (AvgIpc) is 2.16. The van der Waals surface area contributed by atoms with E-state index in [-0.39, 0.29) is 0 Å². The first-order valence-electron chi connectivity index (χ1n) is 5.58. The van der Waals surface area contributed by atoms with Crippen LogP contribution >= 0.6 is 0 Å². The minimum atomic E-state index is -1.32. The summed E-state index contributed by atoms with van der Waals surface area (Å²) in [4.78, 5) is 10.1. The lowest BCUT2D eigenvalue weighted by atomic mass is 9.95. The van der Waals surface area contributed by atoms with E-state index in [1.807, 2.05) is 0 Å². The Kier molecular flexibility index (Phi) is 6.29. The number of hydrogen-bond acceptors (Lipinski definition) is 3. The average molecular weight is 230 g/mol. The Balaban J connectivity index is 0.000000281. The maximum atomic E-state index is 10.1. The fourth-order valence-corrected chi connectivity index (χ4v) is 1.33. The van der Waals surface area contributed by atoms with E-state index in [0.29, 0.717) is 18.4 Å². The number of carboxylic acid groups (broad SMARTS) is 1. The van der Waals surface area contributed by atoms with E-state index >= 15 is 0 Å². The van der Waals surface area contributed by atoms with Crippen LogP contribution in [0.25, 0.3) is 0 Å². The minimum Gasteiger partial charge on any atom is -0.478 e. The molecule has 4 heteroatoms. The molecule has 0 radical (unpaired) electrons. The van der Waals surface area contributed by atoms with E-state index in [9.17, 15) is 4.79 Å². The summed E-state index contributed by atoms with van der Waals surface area (Å²) in [5, 5.41) is 26.2. The topological polar surface area (TPSA) is 77.8 Å². The van der Waals surface area contributed by atoms with Crippen molar-refractivity contribution in [2.24, 2.45) is 0 Å². The highest BCUT2D eigenvalue weighted by Crippen LogP contribution is 2.24. The molecule has 1 aliphatic rings. The Hall–Kier alpha value is -0.870. The Morgan fingerprint density at radius 3 is 1.56 bits per heavy atom. The Morgan fingerprint density at radius 1 is 1.00 bits per heavy atom. The summed E-state index contributed by atoms with van der Waals surface area (Å²) < 4.78 is 0. The number of allylic oxidation sites excluding steroid dienone is 1. The number of carbonyl (C=O) groups is 1. The molecule has 0 amide bonds. The SMILES string of the molecule is CC(C)=C(C)C(=O)O.OC1(O)CCCCC1. The first-order valence-corrected chi connectivity index (χ1v) is 5.58. The van der Waals surface area contributed by atoms with Crippen LogP contribution in [0, 0.1) is 0 Å². The van der Waals surface area contributed by atoms with E-state index in [1.54, 1.807) is 20.8 Å². The predicted molar refractivity (Wildman–Crippen MR) is 61.9 cm³/mol. The molecule has 0 heterocycles. The molecule has 0 aromatic carbocycles. The van der Waals surface area contributed by atoms with Gasteiger partial charge in [0, 0.05) is 18.4 Å². The largest absolute Gasteiger partial charge is 0.478 e. The second-order valence-corrected chi connectivity index (χ2v) is 4.47. The van der Waals surface area contributed by atoms with Gasteiger partial charge in [-0.25, -0.2) is 4.79 Å². The number of rotatable bonds is 1. The second kappa shape index (κ2) is 6.66. The number of aliphatic hydroxyl groups is 2. The quantitative estimate of drug-likeness (QED) is 0.476. The van der Waals surface area contributed by atoms with Crippen LogP contribution in [-0.4, -0.2) is 27.1 Å². The van der Waals surface area contributed by atoms with Crippen LogP contribution in [0.1, 0.15) is 52.9 Å². The number of carboxylic acids is 1. The van der Waals surface area contributed by atoms with Gasteiger partial charge in [-0.05, 0) is 33.6 Å². The minimum absolute atomic E-state index is 0.435. The zero-order chi connectivity index (χ0) is 12.8. The third-order valence-corrected chi connectivity index (χ3v) is 2.73. The molecule has 1 rings (SSSR count). The van der Waals surface area contributed by atoms with Crippen molar-refractivity contribution in [2.45, 2.75) is 58.7 Å². The highest BCUT2D eigenvalue weighted by Gasteiger charge is 2.24. The highest BCUT2D eigenvalue weighted by atomic mass is 16.5. The molecule has 0 spiro atoms. The van der Waals surface area contributed by atoms with Crippen molar-refractivity contribution in [3.8, 4) is 0 Å². The standard InChI is InChI=1S/C6H12O2.C6H10O2/c7-6(8)4-2-1-3-5-6;1-4(2)5(3)6(7)8/h7-8H,1-5H2;1-3H3,(H,7,8). The molecule has 0 saturated heterocycles. The van der Waals surface area contributed by atoms with Gasteiger partial charge in [-0.3, -0.25) is 0 Å². The summed E-state index contributed by atoms with van der Waals surface area (Å²) in [7, 11) is 0. The van der Waals surface area contributed by atoms with Crippen molar-refractivity contribution >= 4 is 5.97 Å². The fourth-order valence-electron chi connectivity index (χ4n) is 1.33. The first-order chi connectivity index (χ1) is 7.26. The Morgan fingerprint density at radius 2 is 1.44 bits per heavy atom. The molecule has 16 heavy (non-hydrogen) atoms. The zero-order valence-corrected chi connectivity index (χ0v) is 10.3. The highest BCUT2D eigenvalue weighted by molar-refractivity contribution is 5.86. The molecule has 0 atom stereocenters. The summed E-state index contributed by atoms with van der Waals surface area (Å²) in [6.45, 7) is 5.16. The summed E-state index contributed by atoms with van der Waals surface area (Å²) in [5.74, 6) is -2.15. The molecule has 1 aliphatic carbocycles. The van der Waals surface area contributed by atoms with Crippen LogP contribution in [0.2, 0.25) is 0 Å². The molecule has 0 aromatic heterocycles. The van der Waals surface area contributed by atoms with Gasteiger partial charge in [0.2, 0.25) is 0 Å². The van der Waals surface area contributed by atoms with E-state index in [2.05, 4.69) is 0 Å². The lowest BCUT2D eigenvalue weighted by Gasteiger charge is -2.25. The van der Waals surface area contributed by atoms with Gasteiger partial charge in [0.1, 0.15) is 0 Å². The van der Waals surface area contributed by atoms with Crippen molar-refractivity contribution in [3.05, 3.63) is 11.1 Å². The van der Waals surface area contributed by atoms with Crippen LogP contribution in [0.15, 0.2) is 11.1 Å². The summed E-state index contributed by atoms with van der Waals surface area (Å²) in [6, 6.07) is 0. The van der Waals surface area contributed by atoms with Crippen LogP contribution < -0.4 is 0 Å². The van der Waals surface area contributed by atoms with Gasteiger partial charge >= 0.3 is 5.97 Å². The van der Waals surface area contributed by atoms with E-state index in [0.717, 1.165) is 24.8 Å². The molecule has 0 bridgehead atoms. The van der Waals surface area contributed by atoms with Gasteiger partial charge < -0.3 is 15.3 Å². The molecule has 1 fully saturated rings. The van der Waals surface area contributed by atoms with Crippen LogP contribution in [-0.2, 0) is 4.79 Å². The lowest BCUT2D eigenvalue weighted by molar-refractivity contribution is -0.180. The normalized spacial score (nSPS) is 18.1. The van der Waals surface area contributed by atoms with E-state index < -0.39 is 11.8 Å². The molecule has 3 N–H and O–H groups in total. The number of hydrogen-bond donors (Lipinski definition) is 3. The van der Waals surface area contributed by atoms with Gasteiger partial charge in [0.05, 0.1) is 0 Å². The first kappa shape index (κ1) is 15.1. The van der Waals surface area contributed by atoms with Gasteiger partial charge in [0.25, 0.3) is 0 Å². The van der Waals surface area contributed by atoms with Crippen molar-refractivity contribution in [1.82, 2.24) is 0 Å². The predicted octanol–water partition coefficient (Wildman–Crippen LogP) is 2.06. The van der Waals surface area contributed by atoms with E-state index in [1.165, 1.54) is 0 Å². The van der Waals surface area contributed by atoms with Crippen molar-refractivity contribution in [3.63, 3.8) is 0 Å². The van der Waals surface area contributed by atoms with Gasteiger partial charge in [-0.1, -0.05) is 12.0 Å². The molecule has 0 aliphatic heterocycles. The van der Waals surface area contributed by atoms with Gasteiger partial charge in [-0.2, -0.15) is 0 Å². The number of aliphatic carboxylic acids is 1. The van der Waals surface area contributed by atoms with E-state index in [4.69, 9.17) is 15.3 Å². The maximum absolute atomic E-state index is 10.1. The maximum Gasteiger partial charge on any atom is 0.331 e. The Labute approximate surface area is 96.6 Å². The zero-order valence-electron chi connectivity index (χ0n) is 10.3. The monoisotopic (exact) mass is 230 g/mol. The fraction of sp³-hybridized carbons (Fsp3) is 0.750. The van der Waals surface area contributed by atoms with Gasteiger partial charge in [0.15, 0.2) is 5.79 Å². The molecule has 0 unspecified atom stereocenters. The summed E-state index contributed by atoms with van der Waals surface area (Å²) >= 11 is 0. The molecule has 0 aromatic rings. The van der Waals surface area contributed by atoms with Crippen LogP contribution in [0.3, 0.4) is 0 Å². The van der Waals surface area contributed by atoms with Gasteiger partial charge in [-0.15, -0.1) is 0 Å². The van der Waals surface area contributed by atoms with Crippen LogP contribution in [0.5, 0.6) is 0 Å². The van der Waals surface area contributed by atoms with Crippen molar-refractivity contribution < 1.29 is 20.1 Å². The smallest absolute Gasteiger partial charge is 0.331 e. The molecule has 4 nitrogen and oxygen atoms in total. The second-order valence-electron chi connectivity index (χ2n) is 4.47. The third-order valence-electron chi connectivity index (χ3n) is 2.73.